The van der Waals surface area contributed by atoms with Crippen LogP contribution in [0.15, 0.2) is 60.7 Å². The summed E-state index contributed by atoms with van der Waals surface area (Å²) in [6, 6.07) is 19.3. The normalized spacial score (nSPS) is 14.8. The van der Waals surface area contributed by atoms with Crippen molar-refractivity contribution < 1.29 is 9.90 Å². The molecule has 0 saturated carbocycles. The van der Waals surface area contributed by atoms with E-state index < -0.39 is 6.10 Å². The highest BCUT2D eigenvalue weighted by Crippen LogP contribution is 2.25. The molecule has 0 aromatic heterocycles. The first-order valence-electron chi connectivity index (χ1n) is 8.95. The number of hydrogen-bond acceptors (Lipinski definition) is 2. The first kappa shape index (κ1) is 19.2. The Kier molecular flexibility index (Phi) is 6.77. The molecule has 2 aromatic carbocycles. The molecule has 134 valence electrons. The van der Waals surface area contributed by atoms with E-state index in [0.717, 1.165) is 12.0 Å². The van der Waals surface area contributed by atoms with Crippen LogP contribution in [0, 0.1) is 11.8 Å². The number of rotatable bonds is 7. The Labute approximate surface area is 151 Å². The van der Waals surface area contributed by atoms with Gasteiger partial charge in [-0.25, -0.2) is 0 Å². The first-order valence-corrected chi connectivity index (χ1v) is 8.95. The molecule has 0 fully saturated rings. The summed E-state index contributed by atoms with van der Waals surface area (Å²) in [7, 11) is 1.79. The van der Waals surface area contributed by atoms with Gasteiger partial charge in [-0.15, -0.1) is 0 Å². The second-order valence-electron chi connectivity index (χ2n) is 7.09. The van der Waals surface area contributed by atoms with Crippen LogP contribution in [0.5, 0.6) is 0 Å². The Morgan fingerprint density at radius 2 is 1.48 bits per heavy atom. The molecule has 0 aliphatic heterocycles. The largest absolute Gasteiger partial charge is 0.386 e. The summed E-state index contributed by atoms with van der Waals surface area (Å²) in [5.74, 6) is 0.218. The van der Waals surface area contributed by atoms with Crippen molar-refractivity contribution in [3.05, 3.63) is 71.8 Å². The SMILES string of the molecule is CC(C)C(Cc1ccccc1)C(=O)N(C)C(C)C(O)c1ccccc1. The van der Waals surface area contributed by atoms with Gasteiger partial charge < -0.3 is 10.0 Å². The molecular formula is C22H29NO2. The molecule has 0 heterocycles. The zero-order chi connectivity index (χ0) is 18.4. The van der Waals surface area contributed by atoms with E-state index in [0.29, 0.717) is 0 Å². The van der Waals surface area contributed by atoms with Crippen LogP contribution in [0.2, 0.25) is 0 Å². The third-order valence-electron chi connectivity index (χ3n) is 4.98. The third kappa shape index (κ3) is 4.93. The standard InChI is InChI=1S/C22H29NO2/c1-16(2)20(15-18-11-7-5-8-12-18)22(25)23(4)17(3)21(24)19-13-9-6-10-14-19/h5-14,16-17,20-21,24H,15H2,1-4H3. The molecule has 0 aliphatic rings. The maximum atomic E-state index is 13.1. The van der Waals surface area contributed by atoms with E-state index in [1.165, 1.54) is 5.56 Å². The lowest BCUT2D eigenvalue weighted by atomic mass is 9.87. The van der Waals surface area contributed by atoms with Gasteiger partial charge in [0.2, 0.25) is 5.91 Å². The number of nitrogens with zero attached hydrogens (tertiary/aromatic N) is 1. The fraction of sp³-hybridized carbons (Fsp3) is 0.409. The van der Waals surface area contributed by atoms with E-state index in [9.17, 15) is 9.90 Å². The number of amides is 1. The van der Waals surface area contributed by atoms with Crippen molar-refractivity contribution in [1.82, 2.24) is 4.90 Å². The van der Waals surface area contributed by atoms with Crippen LogP contribution in [0.1, 0.15) is 38.0 Å². The predicted molar refractivity (Wildman–Crippen MR) is 102 cm³/mol. The highest BCUT2D eigenvalue weighted by molar-refractivity contribution is 5.79. The molecule has 0 radical (unpaired) electrons. The number of aliphatic hydroxyl groups excluding tert-OH is 1. The monoisotopic (exact) mass is 339 g/mol. The molecule has 0 saturated heterocycles. The lowest BCUT2D eigenvalue weighted by molar-refractivity contribution is -0.139. The van der Waals surface area contributed by atoms with Gasteiger partial charge >= 0.3 is 0 Å². The maximum absolute atomic E-state index is 13.1. The van der Waals surface area contributed by atoms with Crippen molar-refractivity contribution in [1.29, 1.82) is 0 Å². The zero-order valence-electron chi connectivity index (χ0n) is 15.6. The molecule has 0 aliphatic carbocycles. The van der Waals surface area contributed by atoms with Crippen molar-refractivity contribution in [2.24, 2.45) is 11.8 Å². The van der Waals surface area contributed by atoms with Crippen LogP contribution in [0.3, 0.4) is 0 Å². The highest BCUT2D eigenvalue weighted by atomic mass is 16.3. The molecule has 3 heteroatoms. The lowest BCUT2D eigenvalue weighted by Crippen LogP contribution is -2.44. The van der Waals surface area contributed by atoms with Gasteiger partial charge in [-0.05, 0) is 30.4 Å². The molecule has 25 heavy (non-hydrogen) atoms. The fourth-order valence-electron chi connectivity index (χ4n) is 3.08. The Bertz CT molecular complexity index is 654. The van der Waals surface area contributed by atoms with Crippen molar-refractivity contribution in [2.75, 3.05) is 7.05 Å². The van der Waals surface area contributed by atoms with Crippen molar-refractivity contribution in [2.45, 2.75) is 39.3 Å². The Hall–Kier alpha value is -2.13. The first-order chi connectivity index (χ1) is 11.9. The summed E-state index contributed by atoms with van der Waals surface area (Å²) in [6.07, 6.45) is 0.0234. The minimum absolute atomic E-state index is 0.0846. The van der Waals surface area contributed by atoms with Gasteiger partial charge in [0.05, 0.1) is 12.1 Å². The lowest BCUT2D eigenvalue weighted by Gasteiger charge is -2.33. The van der Waals surface area contributed by atoms with Crippen LogP contribution < -0.4 is 0 Å². The number of likely N-dealkylation sites (N-methyl/N-ethyl adjacent to an activating group) is 1. The van der Waals surface area contributed by atoms with Gasteiger partial charge in [-0.2, -0.15) is 0 Å². The molecule has 1 amide bonds. The molecule has 3 nitrogen and oxygen atoms in total. The number of carbonyl (C=O) groups excluding carboxylic acids is 1. The van der Waals surface area contributed by atoms with E-state index in [-0.39, 0.29) is 23.8 Å². The smallest absolute Gasteiger partial charge is 0.226 e. The summed E-state index contributed by atoms with van der Waals surface area (Å²) >= 11 is 0. The Morgan fingerprint density at radius 3 is 2.00 bits per heavy atom. The second-order valence-corrected chi connectivity index (χ2v) is 7.09. The summed E-state index contributed by atoms with van der Waals surface area (Å²) in [4.78, 5) is 14.8. The average Bonchev–Trinajstić information content (AvgIpc) is 2.65. The highest BCUT2D eigenvalue weighted by Gasteiger charge is 2.30. The number of aliphatic hydroxyl groups is 1. The predicted octanol–water partition coefficient (Wildman–Crippen LogP) is 4.08. The van der Waals surface area contributed by atoms with Gasteiger partial charge in [0.15, 0.2) is 0 Å². The number of hydrogen-bond donors (Lipinski definition) is 1. The number of carbonyl (C=O) groups is 1. The van der Waals surface area contributed by atoms with Gasteiger partial charge in [0.1, 0.15) is 0 Å². The topological polar surface area (TPSA) is 40.5 Å². The van der Waals surface area contributed by atoms with E-state index in [1.807, 2.05) is 55.5 Å². The van der Waals surface area contributed by atoms with Gasteiger partial charge in [-0.1, -0.05) is 74.5 Å². The van der Waals surface area contributed by atoms with Crippen molar-refractivity contribution in [3.63, 3.8) is 0 Å². The number of benzene rings is 2. The summed E-state index contributed by atoms with van der Waals surface area (Å²) in [5, 5.41) is 10.6. The fourth-order valence-corrected chi connectivity index (χ4v) is 3.08. The van der Waals surface area contributed by atoms with Crippen LogP contribution in [0.4, 0.5) is 0 Å². The minimum atomic E-state index is -0.695. The summed E-state index contributed by atoms with van der Waals surface area (Å²) < 4.78 is 0. The summed E-state index contributed by atoms with van der Waals surface area (Å²) in [6.45, 7) is 6.06. The third-order valence-corrected chi connectivity index (χ3v) is 4.98. The van der Waals surface area contributed by atoms with Crippen molar-refractivity contribution >= 4 is 5.91 Å². The van der Waals surface area contributed by atoms with Crippen LogP contribution in [-0.4, -0.2) is 29.0 Å². The quantitative estimate of drug-likeness (QED) is 0.826. The van der Waals surface area contributed by atoms with E-state index in [2.05, 4.69) is 26.0 Å². The molecule has 1 N–H and O–H groups in total. The van der Waals surface area contributed by atoms with E-state index >= 15 is 0 Å². The molecule has 0 spiro atoms. The van der Waals surface area contributed by atoms with Crippen molar-refractivity contribution in [3.8, 4) is 0 Å². The Morgan fingerprint density at radius 1 is 0.960 bits per heavy atom. The van der Waals surface area contributed by atoms with Gasteiger partial charge in [-0.3, -0.25) is 4.79 Å². The minimum Gasteiger partial charge on any atom is -0.386 e. The molecule has 3 atom stereocenters. The van der Waals surface area contributed by atoms with E-state index in [4.69, 9.17) is 0 Å². The average molecular weight is 339 g/mol. The molecule has 2 rings (SSSR count). The van der Waals surface area contributed by atoms with Crippen LogP contribution in [-0.2, 0) is 11.2 Å². The Balaban J connectivity index is 2.12. The van der Waals surface area contributed by atoms with Crippen LogP contribution in [0.25, 0.3) is 0 Å². The zero-order valence-corrected chi connectivity index (χ0v) is 15.6. The molecular weight excluding hydrogens is 310 g/mol. The van der Waals surface area contributed by atoms with Crippen LogP contribution >= 0.6 is 0 Å². The molecule has 0 bridgehead atoms. The molecule has 2 aromatic rings. The maximum Gasteiger partial charge on any atom is 0.226 e. The second kappa shape index (κ2) is 8.82. The van der Waals surface area contributed by atoms with Gasteiger partial charge in [0, 0.05) is 13.0 Å². The molecule has 3 unspecified atom stereocenters. The van der Waals surface area contributed by atoms with Gasteiger partial charge in [0.25, 0.3) is 0 Å². The summed E-state index contributed by atoms with van der Waals surface area (Å²) in [5.41, 5.74) is 2.00. The van der Waals surface area contributed by atoms with E-state index in [1.54, 1.807) is 11.9 Å².